The van der Waals surface area contributed by atoms with Gasteiger partial charge in [0.15, 0.2) is 11.7 Å². The predicted octanol–water partition coefficient (Wildman–Crippen LogP) is 3.72. The van der Waals surface area contributed by atoms with Gasteiger partial charge in [-0.1, -0.05) is 24.3 Å². The SMILES string of the molecule is Cc1ccccc1OCC(=O)Nc1cccc(C(=O)Nc2nccs2)c1. The number of benzene rings is 2. The number of carbonyl (C=O) groups is 2. The van der Waals surface area contributed by atoms with E-state index in [-0.39, 0.29) is 18.4 Å². The van der Waals surface area contributed by atoms with E-state index in [9.17, 15) is 9.59 Å². The summed E-state index contributed by atoms with van der Waals surface area (Å²) in [7, 11) is 0. The van der Waals surface area contributed by atoms with Gasteiger partial charge in [0.05, 0.1) is 0 Å². The minimum atomic E-state index is -0.300. The van der Waals surface area contributed by atoms with Crippen molar-refractivity contribution in [3.63, 3.8) is 0 Å². The Kier molecular flexibility index (Phi) is 5.60. The zero-order chi connectivity index (χ0) is 18.4. The zero-order valence-corrected chi connectivity index (χ0v) is 14.9. The molecule has 132 valence electrons. The Balaban J connectivity index is 1.58. The molecule has 0 fully saturated rings. The maximum absolute atomic E-state index is 12.2. The van der Waals surface area contributed by atoms with Crippen molar-refractivity contribution < 1.29 is 14.3 Å². The minimum Gasteiger partial charge on any atom is -0.483 e. The maximum atomic E-state index is 12.2. The smallest absolute Gasteiger partial charge is 0.262 e. The quantitative estimate of drug-likeness (QED) is 0.696. The van der Waals surface area contributed by atoms with E-state index in [0.29, 0.717) is 22.1 Å². The third kappa shape index (κ3) is 4.67. The Bertz CT molecular complexity index is 910. The molecule has 2 N–H and O–H groups in total. The number of ether oxygens (including phenoxy) is 1. The molecule has 0 aliphatic carbocycles. The van der Waals surface area contributed by atoms with Crippen molar-refractivity contribution in [3.05, 3.63) is 71.2 Å². The largest absolute Gasteiger partial charge is 0.483 e. The molecule has 0 spiro atoms. The molecular weight excluding hydrogens is 350 g/mol. The van der Waals surface area contributed by atoms with E-state index in [0.717, 1.165) is 5.56 Å². The van der Waals surface area contributed by atoms with Crippen molar-refractivity contribution in [1.29, 1.82) is 0 Å². The number of hydrogen-bond acceptors (Lipinski definition) is 5. The molecular formula is C19H17N3O3S. The van der Waals surface area contributed by atoms with Crippen LogP contribution in [0.3, 0.4) is 0 Å². The Hall–Kier alpha value is -3.19. The standard InChI is InChI=1S/C19H17N3O3S/c1-13-5-2-3-8-16(13)25-12-17(23)21-15-7-4-6-14(11-15)18(24)22-19-20-9-10-26-19/h2-11H,12H2,1H3,(H,21,23)(H,20,22,24). The van der Waals surface area contributed by atoms with E-state index in [1.807, 2.05) is 31.2 Å². The molecule has 0 radical (unpaired) electrons. The average molecular weight is 367 g/mol. The van der Waals surface area contributed by atoms with Crippen LogP contribution in [0.1, 0.15) is 15.9 Å². The highest BCUT2D eigenvalue weighted by atomic mass is 32.1. The Morgan fingerprint density at radius 1 is 1.12 bits per heavy atom. The number of carbonyl (C=O) groups excluding carboxylic acids is 2. The van der Waals surface area contributed by atoms with Crippen molar-refractivity contribution in [1.82, 2.24) is 4.98 Å². The van der Waals surface area contributed by atoms with Gasteiger partial charge in [0.25, 0.3) is 11.8 Å². The fourth-order valence-corrected chi connectivity index (χ4v) is 2.78. The highest BCUT2D eigenvalue weighted by Gasteiger charge is 2.10. The van der Waals surface area contributed by atoms with Gasteiger partial charge >= 0.3 is 0 Å². The summed E-state index contributed by atoms with van der Waals surface area (Å²) in [5.74, 6) is 0.0807. The number of para-hydroxylation sites is 1. The van der Waals surface area contributed by atoms with Crippen LogP contribution in [0.15, 0.2) is 60.1 Å². The van der Waals surface area contributed by atoms with Crippen LogP contribution in [-0.2, 0) is 4.79 Å². The molecule has 1 aromatic heterocycles. The topological polar surface area (TPSA) is 80.3 Å². The molecule has 7 heteroatoms. The van der Waals surface area contributed by atoms with Gasteiger partial charge in [-0.2, -0.15) is 0 Å². The maximum Gasteiger partial charge on any atom is 0.262 e. The number of hydrogen-bond donors (Lipinski definition) is 2. The van der Waals surface area contributed by atoms with Gasteiger partial charge < -0.3 is 10.1 Å². The minimum absolute atomic E-state index is 0.111. The lowest BCUT2D eigenvalue weighted by Crippen LogP contribution is -2.20. The monoisotopic (exact) mass is 367 g/mol. The third-order valence-electron chi connectivity index (χ3n) is 3.51. The second kappa shape index (κ2) is 8.26. The fourth-order valence-electron chi connectivity index (χ4n) is 2.25. The first-order chi connectivity index (χ1) is 12.6. The highest BCUT2D eigenvalue weighted by Crippen LogP contribution is 2.17. The molecule has 6 nitrogen and oxygen atoms in total. The number of thiazole rings is 1. The van der Waals surface area contributed by atoms with Gasteiger partial charge in [-0.05, 0) is 36.8 Å². The molecule has 0 unspecified atom stereocenters. The first-order valence-electron chi connectivity index (χ1n) is 7.91. The zero-order valence-electron chi connectivity index (χ0n) is 14.1. The van der Waals surface area contributed by atoms with Crippen LogP contribution in [0.5, 0.6) is 5.75 Å². The van der Waals surface area contributed by atoms with Crippen LogP contribution in [-0.4, -0.2) is 23.4 Å². The van der Waals surface area contributed by atoms with Crippen molar-refractivity contribution >= 4 is 34.0 Å². The molecule has 1 heterocycles. The third-order valence-corrected chi connectivity index (χ3v) is 4.20. The molecule has 0 saturated carbocycles. The number of rotatable bonds is 6. The molecule has 0 bridgehead atoms. The lowest BCUT2D eigenvalue weighted by atomic mass is 10.2. The lowest BCUT2D eigenvalue weighted by molar-refractivity contribution is -0.118. The van der Waals surface area contributed by atoms with Crippen LogP contribution >= 0.6 is 11.3 Å². The van der Waals surface area contributed by atoms with Crippen molar-refractivity contribution in [2.24, 2.45) is 0 Å². The molecule has 3 rings (SSSR count). The fraction of sp³-hybridized carbons (Fsp3) is 0.105. The second-order valence-corrected chi connectivity index (χ2v) is 6.37. The van der Waals surface area contributed by atoms with Gasteiger partial charge in [-0.25, -0.2) is 4.98 Å². The molecule has 2 amide bonds. The Labute approximate surface area is 154 Å². The molecule has 2 aromatic carbocycles. The number of nitrogens with zero attached hydrogens (tertiary/aromatic N) is 1. The molecule has 0 aliphatic rings. The summed E-state index contributed by atoms with van der Waals surface area (Å²) in [6, 6.07) is 14.2. The van der Waals surface area contributed by atoms with E-state index < -0.39 is 0 Å². The summed E-state index contributed by atoms with van der Waals surface area (Å²) in [6.07, 6.45) is 1.62. The highest BCUT2D eigenvalue weighted by molar-refractivity contribution is 7.13. The van der Waals surface area contributed by atoms with Crippen LogP contribution in [0.2, 0.25) is 0 Å². The number of aromatic nitrogens is 1. The van der Waals surface area contributed by atoms with E-state index >= 15 is 0 Å². The molecule has 26 heavy (non-hydrogen) atoms. The van der Waals surface area contributed by atoms with Crippen molar-refractivity contribution in [2.75, 3.05) is 17.2 Å². The first-order valence-corrected chi connectivity index (χ1v) is 8.79. The van der Waals surface area contributed by atoms with E-state index in [4.69, 9.17) is 4.74 Å². The number of aryl methyl sites for hydroxylation is 1. The lowest BCUT2D eigenvalue weighted by Gasteiger charge is -2.10. The molecule has 3 aromatic rings. The van der Waals surface area contributed by atoms with E-state index in [1.54, 1.807) is 35.8 Å². The number of nitrogens with one attached hydrogen (secondary N) is 2. The summed E-state index contributed by atoms with van der Waals surface area (Å²) in [5, 5.41) is 7.73. The van der Waals surface area contributed by atoms with E-state index in [2.05, 4.69) is 15.6 Å². The van der Waals surface area contributed by atoms with Crippen LogP contribution in [0.4, 0.5) is 10.8 Å². The first kappa shape index (κ1) is 17.6. The van der Waals surface area contributed by atoms with Gasteiger partial charge in [-0.3, -0.25) is 14.9 Å². The van der Waals surface area contributed by atoms with Crippen molar-refractivity contribution in [3.8, 4) is 5.75 Å². The Morgan fingerprint density at radius 2 is 1.96 bits per heavy atom. The normalized spacial score (nSPS) is 10.2. The van der Waals surface area contributed by atoms with Crippen LogP contribution < -0.4 is 15.4 Å². The second-order valence-electron chi connectivity index (χ2n) is 5.47. The molecule has 0 saturated heterocycles. The summed E-state index contributed by atoms with van der Waals surface area (Å²) in [5.41, 5.74) is 1.91. The predicted molar refractivity (Wildman–Crippen MR) is 102 cm³/mol. The van der Waals surface area contributed by atoms with Crippen molar-refractivity contribution in [2.45, 2.75) is 6.92 Å². The Morgan fingerprint density at radius 3 is 2.73 bits per heavy atom. The summed E-state index contributed by atoms with van der Waals surface area (Å²) < 4.78 is 5.52. The van der Waals surface area contributed by atoms with Crippen LogP contribution in [0.25, 0.3) is 0 Å². The summed E-state index contributed by atoms with van der Waals surface area (Å²) in [4.78, 5) is 28.3. The van der Waals surface area contributed by atoms with Gasteiger partial charge in [0.2, 0.25) is 0 Å². The van der Waals surface area contributed by atoms with Gasteiger partial charge in [0.1, 0.15) is 5.75 Å². The van der Waals surface area contributed by atoms with Crippen LogP contribution in [0, 0.1) is 6.92 Å². The molecule has 0 aliphatic heterocycles. The summed E-state index contributed by atoms with van der Waals surface area (Å²) >= 11 is 1.34. The number of anilines is 2. The summed E-state index contributed by atoms with van der Waals surface area (Å²) in [6.45, 7) is 1.80. The average Bonchev–Trinajstić information content (AvgIpc) is 3.14. The van der Waals surface area contributed by atoms with Gasteiger partial charge in [0, 0.05) is 22.8 Å². The van der Waals surface area contributed by atoms with Gasteiger partial charge in [-0.15, -0.1) is 11.3 Å². The molecule has 0 atom stereocenters. The number of amides is 2. The van der Waals surface area contributed by atoms with E-state index in [1.165, 1.54) is 11.3 Å².